The molecule has 0 N–H and O–H groups in total. The fraction of sp³-hybridized carbons (Fsp3) is 0.467. The topological polar surface area (TPSA) is 25.8 Å². The summed E-state index contributed by atoms with van der Waals surface area (Å²) in [4.78, 5) is 9.29. The Bertz CT molecular complexity index is 956. The minimum atomic E-state index is -0.162. The van der Waals surface area contributed by atoms with E-state index < -0.39 is 0 Å². The lowest BCUT2D eigenvalue weighted by atomic mass is 9.77. The molecule has 4 rings (SSSR count). The molecule has 1 heterocycles. The lowest BCUT2D eigenvalue weighted by Crippen LogP contribution is -2.13. The third-order valence-electron chi connectivity index (χ3n) is 7.21. The molecular weight excluding hydrogens is 407 g/mol. The fourth-order valence-corrected chi connectivity index (χ4v) is 5.17. The van der Waals surface area contributed by atoms with Crippen LogP contribution >= 0.6 is 0 Å². The lowest BCUT2D eigenvalue weighted by molar-refractivity contribution is 0.300. The summed E-state index contributed by atoms with van der Waals surface area (Å²) >= 11 is 0. The second-order valence-corrected chi connectivity index (χ2v) is 9.62. The van der Waals surface area contributed by atoms with Crippen molar-refractivity contribution in [3.63, 3.8) is 0 Å². The molecule has 0 saturated heterocycles. The van der Waals surface area contributed by atoms with Gasteiger partial charge in [-0.3, -0.25) is 4.39 Å². The van der Waals surface area contributed by atoms with E-state index in [0.29, 0.717) is 5.92 Å². The van der Waals surface area contributed by atoms with Crippen molar-refractivity contribution in [1.82, 2.24) is 9.97 Å². The lowest BCUT2D eigenvalue weighted by Gasteiger charge is -2.29. The van der Waals surface area contributed by atoms with Gasteiger partial charge in [0.1, 0.15) is 0 Å². The van der Waals surface area contributed by atoms with Crippen molar-refractivity contribution >= 4 is 0 Å². The van der Waals surface area contributed by atoms with Gasteiger partial charge in [-0.15, -0.1) is 0 Å². The zero-order valence-electron chi connectivity index (χ0n) is 20.0. The molecule has 0 bridgehead atoms. The molecule has 0 atom stereocenters. The van der Waals surface area contributed by atoms with Crippen LogP contribution in [0.15, 0.2) is 60.9 Å². The summed E-state index contributed by atoms with van der Waals surface area (Å²) in [6, 6.07) is 17.6. The van der Waals surface area contributed by atoms with Crippen LogP contribution < -0.4 is 0 Å². The summed E-state index contributed by atoms with van der Waals surface area (Å²) in [6.07, 6.45) is 15.6. The maximum Gasteiger partial charge on any atom is 0.159 e. The van der Waals surface area contributed by atoms with Crippen LogP contribution in [-0.4, -0.2) is 16.6 Å². The molecule has 1 fully saturated rings. The summed E-state index contributed by atoms with van der Waals surface area (Å²) in [5.41, 5.74) is 6.11. The standard InChI is InChI=1S/C30H37FN2/c1-2-6-23-8-14-27(15-9-23)29-21-32-30(33-22-29)28-18-16-26(17-19-28)25-12-10-24(11-13-25)7-4-3-5-20-31/h8-9,14-19,21-22,24-25H,2-7,10-13,20H2,1H3/t24-,25-. The molecule has 0 unspecified atom stereocenters. The maximum absolute atomic E-state index is 12.2. The van der Waals surface area contributed by atoms with Crippen molar-refractivity contribution in [2.24, 2.45) is 5.92 Å². The Balaban J connectivity index is 1.32. The summed E-state index contributed by atoms with van der Waals surface area (Å²) < 4.78 is 12.2. The zero-order chi connectivity index (χ0) is 22.9. The van der Waals surface area contributed by atoms with E-state index in [1.54, 1.807) is 0 Å². The van der Waals surface area contributed by atoms with Gasteiger partial charge in [0, 0.05) is 23.5 Å². The monoisotopic (exact) mass is 444 g/mol. The van der Waals surface area contributed by atoms with Gasteiger partial charge in [0.05, 0.1) is 6.67 Å². The number of benzene rings is 2. The molecule has 1 aliphatic rings. The first-order chi connectivity index (χ1) is 16.3. The van der Waals surface area contributed by atoms with Crippen LogP contribution in [0.4, 0.5) is 4.39 Å². The van der Waals surface area contributed by atoms with Crippen LogP contribution in [0.5, 0.6) is 0 Å². The number of hydrogen-bond donors (Lipinski definition) is 0. The second kappa shape index (κ2) is 12.1. The highest BCUT2D eigenvalue weighted by Crippen LogP contribution is 2.38. The smallest absolute Gasteiger partial charge is 0.159 e. The Morgan fingerprint density at radius 3 is 2.06 bits per heavy atom. The van der Waals surface area contributed by atoms with E-state index in [1.807, 2.05) is 12.4 Å². The van der Waals surface area contributed by atoms with E-state index in [2.05, 4.69) is 65.4 Å². The van der Waals surface area contributed by atoms with Gasteiger partial charge in [-0.2, -0.15) is 0 Å². The Kier molecular flexibility index (Phi) is 8.63. The first-order valence-electron chi connectivity index (χ1n) is 12.8. The fourth-order valence-electron chi connectivity index (χ4n) is 5.17. The van der Waals surface area contributed by atoms with E-state index in [9.17, 15) is 4.39 Å². The number of nitrogens with zero attached hydrogens (tertiary/aromatic N) is 2. The third-order valence-corrected chi connectivity index (χ3v) is 7.21. The molecular formula is C30H37FN2. The predicted octanol–water partition coefficient (Wildman–Crippen LogP) is 8.57. The minimum Gasteiger partial charge on any atom is -0.251 e. The minimum absolute atomic E-state index is 0.162. The number of alkyl halides is 1. The highest BCUT2D eigenvalue weighted by molar-refractivity contribution is 5.64. The van der Waals surface area contributed by atoms with Gasteiger partial charge in [-0.25, -0.2) is 9.97 Å². The van der Waals surface area contributed by atoms with E-state index in [1.165, 1.54) is 56.1 Å². The normalized spacial score (nSPS) is 18.4. The van der Waals surface area contributed by atoms with E-state index in [-0.39, 0.29) is 6.67 Å². The third kappa shape index (κ3) is 6.50. The van der Waals surface area contributed by atoms with Crippen LogP contribution in [0, 0.1) is 5.92 Å². The number of aromatic nitrogens is 2. The van der Waals surface area contributed by atoms with Crippen LogP contribution in [0.1, 0.15) is 81.8 Å². The van der Waals surface area contributed by atoms with Crippen molar-refractivity contribution in [1.29, 1.82) is 0 Å². The molecule has 33 heavy (non-hydrogen) atoms. The Morgan fingerprint density at radius 1 is 0.758 bits per heavy atom. The summed E-state index contributed by atoms with van der Waals surface area (Å²) in [6.45, 7) is 2.04. The molecule has 3 aromatic rings. The van der Waals surface area contributed by atoms with Gasteiger partial charge in [0.15, 0.2) is 5.82 Å². The van der Waals surface area contributed by atoms with Crippen LogP contribution in [0.2, 0.25) is 0 Å². The summed E-state index contributed by atoms with van der Waals surface area (Å²) in [7, 11) is 0. The molecule has 0 aliphatic heterocycles. The number of hydrogen-bond acceptors (Lipinski definition) is 2. The van der Waals surface area contributed by atoms with Crippen LogP contribution in [0.3, 0.4) is 0 Å². The molecule has 0 radical (unpaired) electrons. The molecule has 174 valence electrons. The van der Waals surface area contributed by atoms with Gasteiger partial charge < -0.3 is 0 Å². The maximum atomic E-state index is 12.2. The van der Waals surface area contributed by atoms with Crippen LogP contribution in [-0.2, 0) is 6.42 Å². The van der Waals surface area contributed by atoms with Crippen LogP contribution in [0.25, 0.3) is 22.5 Å². The molecule has 2 nitrogen and oxygen atoms in total. The van der Waals surface area contributed by atoms with Crippen molar-refractivity contribution in [2.75, 3.05) is 6.67 Å². The average molecular weight is 445 g/mol. The Labute approximate surface area is 198 Å². The predicted molar refractivity (Wildman–Crippen MR) is 136 cm³/mol. The van der Waals surface area contributed by atoms with Gasteiger partial charge >= 0.3 is 0 Å². The summed E-state index contributed by atoms with van der Waals surface area (Å²) in [5, 5.41) is 0. The van der Waals surface area contributed by atoms with Gasteiger partial charge in [-0.05, 0) is 67.1 Å². The SMILES string of the molecule is CCCc1ccc(-c2cnc(-c3ccc([C@H]4CC[C@H](CCCCCF)CC4)cc3)nc2)cc1. The van der Waals surface area contributed by atoms with Crippen molar-refractivity contribution < 1.29 is 4.39 Å². The highest BCUT2D eigenvalue weighted by atomic mass is 19.1. The molecule has 1 saturated carbocycles. The molecule has 1 aromatic heterocycles. The number of rotatable bonds is 10. The molecule has 0 spiro atoms. The van der Waals surface area contributed by atoms with E-state index >= 15 is 0 Å². The molecule has 2 aromatic carbocycles. The molecule has 3 heteroatoms. The number of unbranched alkanes of at least 4 members (excludes halogenated alkanes) is 2. The molecule has 1 aliphatic carbocycles. The number of aryl methyl sites for hydroxylation is 1. The zero-order valence-corrected chi connectivity index (χ0v) is 20.0. The van der Waals surface area contributed by atoms with Gasteiger partial charge in [0.2, 0.25) is 0 Å². The van der Waals surface area contributed by atoms with E-state index in [0.717, 1.165) is 47.7 Å². The van der Waals surface area contributed by atoms with Crippen molar-refractivity contribution in [3.8, 4) is 22.5 Å². The Hall–Kier alpha value is -2.55. The quantitative estimate of drug-likeness (QED) is 0.293. The first kappa shape index (κ1) is 23.6. The second-order valence-electron chi connectivity index (χ2n) is 9.62. The number of halogens is 1. The largest absolute Gasteiger partial charge is 0.251 e. The van der Waals surface area contributed by atoms with Gasteiger partial charge in [-0.1, -0.05) is 81.1 Å². The van der Waals surface area contributed by atoms with Gasteiger partial charge in [0.25, 0.3) is 0 Å². The van der Waals surface area contributed by atoms with Crippen molar-refractivity contribution in [3.05, 3.63) is 72.1 Å². The highest BCUT2D eigenvalue weighted by Gasteiger charge is 2.22. The first-order valence-corrected chi connectivity index (χ1v) is 12.8. The Morgan fingerprint density at radius 2 is 1.42 bits per heavy atom. The molecule has 0 amide bonds. The van der Waals surface area contributed by atoms with E-state index in [4.69, 9.17) is 0 Å². The van der Waals surface area contributed by atoms with Crippen molar-refractivity contribution in [2.45, 2.75) is 77.0 Å². The summed E-state index contributed by atoms with van der Waals surface area (Å²) in [5.74, 6) is 2.29. The average Bonchev–Trinajstić information content (AvgIpc) is 2.88.